The molecule has 3 heterocycles. The van der Waals surface area contributed by atoms with Crippen molar-refractivity contribution in [2.24, 2.45) is 17.0 Å². The first-order valence-electron chi connectivity index (χ1n) is 33.9. The Labute approximate surface area is 634 Å². The molecule has 0 unspecified atom stereocenters. The molecule has 8 aromatic carbocycles. The van der Waals surface area contributed by atoms with Crippen LogP contribution >= 0.6 is 31.9 Å². The number of para-hydroxylation sites is 3. The van der Waals surface area contributed by atoms with E-state index in [9.17, 15) is 53.1 Å². The standard InChI is InChI=1S/C32H37N5O4S.C22H24N2O3.C10H11BrO3.C8H7BrO3.C8H8O3/c1-23-19-30(41-2)27(21-26(23)20-24-11-13-35(14-12-24)28-8-4-3-7-25(28)22-33)32(38)37-17-15-36(16-18-37)29-9-5-6-10-31(29)42(34,39)40;1-15-11-21(27-2)19(22(25)26)13-18(15)12-16-7-9-24(10-8-16)20-6-4-3-5-17(20)14-23;1-6-4-9(13-2)7(5-8(6)11)10(12)14-3;1-4-2-7(10)5(8(11)12)3-6(4)9;1-5-2-3-6(8(10)11)7(9)4-5/h3-10,19,21,24H,11-18,20H2,1-2H3,(H2,34,39,40);3-6,11,13,16H,7-10,12H2,1-2H3,(H,25,26);4-5H,1-3H3;2-3,10H,1H3,(H,11,12);2-4,9H,1H3,(H,10,11). The quantitative estimate of drug-likeness (QED) is 0.0489. The molecule has 3 saturated heterocycles. The summed E-state index contributed by atoms with van der Waals surface area (Å²) in [4.78, 5) is 65.9. The molecule has 0 atom stereocenters. The van der Waals surface area contributed by atoms with Crippen LogP contribution in [0.3, 0.4) is 0 Å². The molecule has 0 radical (unpaired) electrons. The van der Waals surface area contributed by atoms with Crippen LogP contribution in [-0.4, -0.2) is 149 Å². The summed E-state index contributed by atoms with van der Waals surface area (Å²) in [7, 11) is 2.09. The molecule has 11 rings (SSSR count). The number of nitriles is 2. The number of piperazine rings is 1. The van der Waals surface area contributed by atoms with Crippen LogP contribution in [0.4, 0.5) is 17.1 Å². The molecule has 3 aliphatic rings. The second kappa shape index (κ2) is 38.4. The number of aromatic carboxylic acids is 3. The van der Waals surface area contributed by atoms with Crippen LogP contribution < -0.4 is 34.0 Å². The third-order valence-corrected chi connectivity index (χ3v) is 21.3. The van der Waals surface area contributed by atoms with Gasteiger partial charge < -0.3 is 64.1 Å². The van der Waals surface area contributed by atoms with Crippen LogP contribution in [0.25, 0.3) is 0 Å². The summed E-state index contributed by atoms with van der Waals surface area (Å²) in [6.45, 7) is 15.0. The number of aromatic hydroxyl groups is 2. The number of carboxylic acids is 3. The van der Waals surface area contributed by atoms with Crippen molar-refractivity contribution in [3.8, 4) is 40.9 Å². The number of primary sulfonamides is 1. The van der Waals surface area contributed by atoms with Crippen molar-refractivity contribution in [1.29, 1.82) is 10.5 Å². The van der Waals surface area contributed by atoms with Crippen molar-refractivity contribution in [3.05, 3.63) is 226 Å². The van der Waals surface area contributed by atoms with Crippen molar-refractivity contribution < 1.29 is 76.9 Å². The number of halogens is 2. The molecular formula is C80H87Br2N7O16S. The molecule has 558 valence electrons. The fourth-order valence-corrected chi connectivity index (χ4v) is 14.1. The zero-order valence-electron chi connectivity index (χ0n) is 60.5. The molecule has 3 aliphatic heterocycles. The maximum Gasteiger partial charge on any atom is 0.341 e. The summed E-state index contributed by atoms with van der Waals surface area (Å²) in [6, 6.07) is 45.0. The van der Waals surface area contributed by atoms with Gasteiger partial charge in [0.15, 0.2) is 0 Å². The average molecular weight is 1590 g/mol. The zero-order chi connectivity index (χ0) is 77.7. The number of rotatable bonds is 16. The lowest BCUT2D eigenvalue weighted by molar-refractivity contribution is 0.0594. The number of carbonyl (C=O) groups is 5. The lowest BCUT2D eigenvalue weighted by Gasteiger charge is -2.37. The predicted molar refractivity (Wildman–Crippen MR) is 412 cm³/mol. The number of aryl methyl sites for hydroxylation is 5. The van der Waals surface area contributed by atoms with Gasteiger partial charge in [-0.3, -0.25) is 4.79 Å². The molecule has 8 aromatic rings. The molecule has 23 nitrogen and oxygen atoms in total. The Morgan fingerprint density at radius 1 is 0.481 bits per heavy atom. The molecule has 1 amide bonds. The number of hydrogen-bond acceptors (Lipinski definition) is 18. The van der Waals surface area contributed by atoms with Gasteiger partial charge in [0.1, 0.15) is 68.0 Å². The Morgan fingerprint density at radius 3 is 1.32 bits per heavy atom. The van der Waals surface area contributed by atoms with Crippen molar-refractivity contribution >= 4 is 88.7 Å². The van der Waals surface area contributed by atoms with E-state index in [0.29, 0.717) is 87.7 Å². The Morgan fingerprint density at radius 2 is 0.877 bits per heavy atom. The third kappa shape index (κ3) is 21.7. The largest absolute Gasteiger partial charge is 0.507 e. The van der Waals surface area contributed by atoms with Crippen LogP contribution in [-0.2, 0) is 27.6 Å². The number of nitrogens with zero attached hydrogens (tertiary/aromatic N) is 6. The number of hydrogen-bond donors (Lipinski definition) is 6. The molecule has 106 heavy (non-hydrogen) atoms. The highest BCUT2D eigenvalue weighted by Crippen LogP contribution is 2.36. The van der Waals surface area contributed by atoms with Crippen LogP contribution in [0.15, 0.2) is 153 Å². The number of sulfonamides is 1. The van der Waals surface area contributed by atoms with Crippen molar-refractivity contribution in [3.63, 3.8) is 0 Å². The maximum absolute atomic E-state index is 13.7. The van der Waals surface area contributed by atoms with Gasteiger partial charge in [-0.05, 0) is 221 Å². The Kier molecular flexibility index (Phi) is 29.9. The second-order valence-electron chi connectivity index (χ2n) is 25.6. The van der Waals surface area contributed by atoms with Gasteiger partial charge in [-0.15, -0.1) is 0 Å². The van der Waals surface area contributed by atoms with Crippen LogP contribution in [0, 0.1) is 69.1 Å². The lowest BCUT2D eigenvalue weighted by Crippen LogP contribution is -2.49. The second-order valence-corrected chi connectivity index (χ2v) is 28.9. The van der Waals surface area contributed by atoms with Crippen molar-refractivity contribution in [1.82, 2.24) is 4.90 Å². The van der Waals surface area contributed by atoms with E-state index in [4.69, 9.17) is 34.7 Å². The number of carbonyl (C=O) groups excluding carboxylic acids is 2. The van der Waals surface area contributed by atoms with E-state index in [-0.39, 0.29) is 39.0 Å². The minimum atomic E-state index is -3.86. The van der Waals surface area contributed by atoms with Gasteiger partial charge in [-0.1, -0.05) is 74.3 Å². The third-order valence-electron chi connectivity index (χ3n) is 18.6. The summed E-state index contributed by atoms with van der Waals surface area (Å²) in [6.07, 6.45) is 5.81. The fraction of sp³-hybridized carbons (Fsp3) is 0.312. The molecule has 3 fully saturated rings. The van der Waals surface area contributed by atoms with E-state index in [1.54, 1.807) is 68.3 Å². The van der Waals surface area contributed by atoms with E-state index in [1.807, 2.05) is 85.5 Å². The first-order chi connectivity index (χ1) is 50.4. The SMILES string of the molecule is COC(=O)c1cc(Br)c(C)cc1OC.COc1cc(C)c(CC2CCN(c3ccccc3C#N)CC2)cc1C(=O)N1CCN(c2ccccc2S(N)(=O)=O)CC1.COc1cc(C)c(CC2CCN(c3ccccc3C#N)CC2)cc1C(=O)O.Cc1cc(O)c(C(=O)O)cc1Br.Cc1ccc(C(=O)O)c(O)c1. The number of esters is 1. The van der Waals surface area contributed by atoms with E-state index < -0.39 is 33.9 Å². The molecule has 0 aliphatic carbocycles. The highest BCUT2D eigenvalue weighted by Gasteiger charge is 2.30. The maximum atomic E-state index is 13.7. The van der Waals surface area contributed by atoms with Crippen LogP contribution in [0.2, 0.25) is 0 Å². The number of ether oxygens (including phenoxy) is 4. The summed E-state index contributed by atoms with van der Waals surface area (Å²) < 4.78 is 46.3. The molecule has 26 heteroatoms. The Balaban J connectivity index is 0.000000207. The monoisotopic (exact) mass is 1590 g/mol. The fourth-order valence-electron chi connectivity index (χ4n) is 12.7. The van der Waals surface area contributed by atoms with Gasteiger partial charge in [-0.2, -0.15) is 10.5 Å². The Hall–Kier alpha value is -10.6. The average Bonchev–Trinajstić information content (AvgIpc) is 0.796. The number of nitrogens with two attached hydrogens (primary N) is 1. The first kappa shape index (κ1) is 82.6. The number of carboxylic acid groups (broad SMARTS) is 3. The van der Waals surface area contributed by atoms with Gasteiger partial charge >= 0.3 is 23.9 Å². The van der Waals surface area contributed by atoms with Gasteiger partial charge in [-0.25, -0.2) is 32.7 Å². The highest BCUT2D eigenvalue weighted by atomic mass is 79.9. The summed E-state index contributed by atoms with van der Waals surface area (Å²) in [5.74, 6) is -1.60. The zero-order valence-corrected chi connectivity index (χ0v) is 64.5. The normalized spacial score (nSPS) is 13.6. The first-order valence-corrected chi connectivity index (χ1v) is 37.0. The molecule has 0 saturated carbocycles. The van der Waals surface area contributed by atoms with Crippen molar-refractivity contribution in [2.75, 3.05) is 95.5 Å². The number of amides is 1. The molecule has 0 spiro atoms. The minimum absolute atomic E-state index is 0.0596. The smallest absolute Gasteiger partial charge is 0.341 e. The van der Waals surface area contributed by atoms with E-state index >= 15 is 0 Å². The topological polar surface area (TPSA) is 344 Å². The van der Waals surface area contributed by atoms with Gasteiger partial charge in [0.05, 0.1) is 62.2 Å². The summed E-state index contributed by atoms with van der Waals surface area (Å²) in [5, 5.41) is 69.0. The van der Waals surface area contributed by atoms with Gasteiger partial charge in [0.2, 0.25) is 10.0 Å². The van der Waals surface area contributed by atoms with E-state index in [0.717, 1.165) is 119 Å². The minimum Gasteiger partial charge on any atom is -0.507 e. The van der Waals surface area contributed by atoms with Crippen LogP contribution in [0.1, 0.15) is 128 Å². The van der Waals surface area contributed by atoms with Crippen LogP contribution in [0.5, 0.6) is 28.7 Å². The predicted octanol–water partition coefficient (Wildman–Crippen LogP) is 14.1. The van der Waals surface area contributed by atoms with Gasteiger partial charge in [0.25, 0.3) is 5.91 Å². The number of piperidine rings is 2. The summed E-state index contributed by atoms with van der Waals surface area (Å²) in [5.41, 5.74) is 12.1. The number of phenols is 2. The molecule has 7 N–H and O–H groups in total. The number of anilines is 3. The molecule has 0 bridgehead atoms. The Bertz CT molecular complexity index is 4710. The number of benzene rings is 8. The molecule has 0 aromatic heterocycles. The van der Waals surface area contributed by atoms with E-state index in [1.165, 1.54) is 51.7 Å². The number of methoxy groups -OCH3 is 4. The van der Waals surface area contributed by atoms with E-state index in [2.05, 4.69) is 65.5 Å². The summed E-state index contributed by atoms with van der Waals surface area (Å²) >= 11 is 6.52. The van der Waals surface area contributed by atoms with Gasteiger partial charge in [0, 0.05) is 61.3 Å². The van der Waals surface area contributed by atoms with Crippen molar-refractivity contribution in [2.45, 2.75) is 78.0 Å². The lowest BCUT2D eigenvalue weighted by atomic mass is 9.87. The molecular weight excluding hydrogens is 1510 g/mol. The highest BCUT2D eigenvalue weighted by molar-refractivity contribution is 9.10.